The van der Waals surface area contributed by atoms with Crippen LogP contribution in [0.1, 0.15) is 26.3 Å². The predicted octanol–water partition coefficient (Wildman–Crippen LogP) is 2.35. The van der Waals surface area contributed by atoms with E-state index in [1.807, 2.05) is 0 Å². The predicted molar refractivity (Wildman–Crippen MR) is 64.0 cm³/mol. The molecule has 0 spiro atoms. The Labute approximate surface area is 105 Å². The number of likely N-dealkylation sites (N-methyl/N-ethyl adjacent to an activating group) is 1. The number of rotatable bonds is 5. The van der Waals surface area contributed by atoms with E-state index in [9.17, 15) is 13.6 Å². The zero-order valence-electron chi connectivity index (χ0n) is 10.7. The van der Waals surface area contributed by atoms with Crippen molar-refractivity contribution >= 4 is 5.97 Å². The van der Waals surface area contributed by atoms with Crippen molar-refractivity contribution in [2.24, 2.45) is 0 Å². The molecule has 0 fully saturated rings. The minimum atomic E-state index is -1.39. The number of nitrogens with one attached hydrogen (secondary N) is 1. The van der Waals surface area contributed by atoms with Gasteiger partial charge in [0.25, 0.3) is 0 Å². The zero-order valence-corrected chi connectivity index (χ0v) is 10.7. The molecular weight excluding hydrogens is 240 g/mol. The third-order valence-corrected chi connectivity index (χ3v) is 2.68. The number of carbonyl (C=O) groups excluding carboxylic acids is 1. The van der Waals surface area contributed by atoms with E-state index in [1.165, 1.54) is 6.92 Å². The molecule has 0 aliphatic heterocycles. The van der Waals surface area contributed by atoms with Gasteiger partial charge in [-0.15, -0.1) is 0 Å². The minimum absolute atomic E-state index is 0.0530. The molecule has 0 aromatic heterocycles. The Morgan fingerprint density at radius 3 is 2.61 bits per heavy atom. The molecule has 0 saturated carbocycles. The maximum Gasteiger partial charge on any atom is 0.330 e. The fourth-order valence-electron chi connectivity index (χ4n) is 1.79. The number of hydrogen-bond donors (Lipinski definition) is 1. The molecule has 1 atom stereocenters. The molecule has 1 aromatic carbocycles. The van der Waals surface area contributed by atoms with E-state index in [0.717, 1.165) is 18.2 Å². The number of benzene rings is 1. The molecule has 0 saturated heterocycles. The van der Waals surface area contributed by atoms with Gasteiger partial charge in [-0.1, -0.05) is 6.92 Å². The van der Waals surface area contributed by atoms with Crippen molar-refractivity contribution in [1.29, 1.82) is 0 Å². The topological polar surface area (TPSA) is 38.3 Å². The van der Waals surface area contributed by atoms with E-state index >= 15 is 0 Å². The number of hydrogen-bond acceptors (Lipinski definition) is 3. The molecule has 0 aliphatic rings. The molecule has 5 heteroatoms. The molecule has 1 N–H and O–H groups in total. The molecule has 100 valence electrons. The van der Waals surface area contributed by atoms with Crippen LogP contribution in [0.15, 0.2) is 18.2 Å². The summed E-state index contributed by atoms with van der Waals surface area (Å²) in [6.07, 6.45) is 0. The summed E-state index contributed by atoms with van der Waals surface area (Å²) in [4.78, 5) is 11.9. The van der Waals surface area contributed by atoms with E-state index in [1.54, 1.807) is 13.8 Å². The van der Waals surface area contributed by atoms with Crippen LogP contribution in [0.4, 0.5) is 8.78 Å². The standard InChI is InChI=1S/C13H17F2NO2/c1-4-16-13(3,12(17)18-5-2)10-8-9(14)6-7-11(10)15/h6-8,16H,4-5H2,1-3H3. The smallest absolute Gasteiger partial charge is 0.330 e. The van der Waals surface area contributed by atoms with Crippen LogP contribution >= 0.6 is 0 Å². The second kappa shape index (κ2) is 5.91. The highest BCUT2D eigenvalue weighted by atomic mass is 19.1. The van der Waals surface area contributed by atoms with Gasteiger partial charge < -0.3 is 4.74 Å². The third kappa shape index (κ3) is 2.85. The van der Waals surface area contributed by atoms with Crippen LogP contribution in [-0.2, 0) is 15.1 Å². The van der Waals surface area contributed by atoms with Gasteiger partial charge in [0.1, 0.15) is 17.2 Å². The molecule has 0 heterocycles. The normalized spacial score (nSPS) is 14.1. The molecular formula is C13H17F2NO2. The van der Waals surface area contributed by atoms with Gasteiger partial charge in [0, 0.05) is 5.56 Å². The van der Waals surface area contributed by atoms with Crippen molar-refractivity contribution in [2.75, 3.05) is 13.2 Å². The first-order valence-corrected chi connectivity index (χ1v) is 5.83. The summed E-state index contributed by atoms with van der Waals surface area (Å²) in [7, 11) is 0. The van der Waals surface area contributed by atoms with Gasteiger partial charge in [0.2, 0.25) is 0 Å². The van der Waals surface area contributed by atoms with Gasteiger partial charge in [-0.2, -0.15) is 0 Å². The van der Waals surface area contributed by atoms with Crippen molar-refractivity contribution in [3.05, 3.63) is 35.4 Å². The largest absolute Gasteiger partial charge is 0.464 e. The lowest BCUT2D eigenvalue weighted by Crippen LogP contribution is -2.48. The van der Waals surface area contributed by atoms with Gasteiger partial charge >= 0.3 is 5.97 Å². The first-order chi connectivity index (χ1) is 8.45. The molecule has 1 unspecified atom stereocenters. The van der Waals surface area contributed by atoms with E-state index < -0.39 is 23.1 Å². The van der Waals surface area contributed by atoms with Gasteiger partial charge in [0.15, 0.2) is 0 Å². The van der Waals surface area contributed by atoms with Crippen LogP contribution in [0.3, 0.4) is 0 Å². The molecule has 0 amide bonds. The van der Waals surface area contributed by atoms with E-state index in [2.05, 4.69) is 5.32 Å². The van der Waals surface area contributed by atoms with Crippen LogP contribution in [-0.4, -0.2) is 19.1 Å². The lowest BCUT2D eigenvalue weighted by molar-refractivity contribution is -0.151. The van der Waals surface area contributed by atoms with Crippen molar-refractivity contribution < 1.29 is 18.3 Å². The molecule has 1 rings (SSSR count). The van der Waals surface area contributed by atoms with Crippen LogP contribution < -0.4 is 5.32 Å². The number of carbonyl (C=O) groups is 1. The number of esters is 1. The van der Waals surface area contributed by atoms with E-state index in [0.29, 0.717) is 6.54 Å². The Hall–Kier alpha value is -1.49. The summed E-state index contributed by atoms with van der Waals surface area (Å²) in [6.45, 7) is 5.51. The average Bonchev–Trinajstić information content (AvgIpc) is 2.32. The zero-order chi connectivity index (χ0) is 13.8. The van der Waals surface area contributed by atoms with Crippen LogP contribution in [0, 0.1) is 11.6 Å². The maximum absolute atomic E-state index is 13.8. The highest BCUT2D eigenvalue weighted by Gasteiger charge is 2.38. The summed E-state index contributed by atoms with van der Waals surface area (Å²) in [5.74, 6) is -1.87. The van der Waals surface area contributed by atoms with Crippen molar-refractivity contribution in [3.8, 4) is 0 Å². The van der Waals surface area contributed by atoms with E-state index in [4.69, 9.17) is 4.74 Å². The van der Waals surface area contributed by atoms with Gasteiger partial charge in [-0.05, 0) is 38.6 Å². The lowest BCUT2D eigenvalue weighted by atomic mass is 9.91. The molecule has 1 aromatic rings. The Morgan fingerprint density at radius 1 is 1.39 bits per heavy atom. The second-order valence-corrected chi connectivity index (χ2v) is 4.00. The average molecular weight is 257 g/mol. The summed E-state index contributed by atoms with van der Waals surface area (Å²) in [6, 6.07) is 3.02. The second-order valence-electron chi connectivity index (χ2n) is 4.00. The fourth-order valence-corrected chi connectivity index (χ4v) is 1.79. The van der Waals surface area contributed by atoms with Gasteiger partial charge in [-0.25, -0.2) is 13.6 Å². The SMILES string of the molecule is CCNC(C)(C(=O)OCC)c1cc(F)ccc1F. The molecule has 0 radical (unpaired) electrons. The molecule has 18 heavy (non-hydrogen) atoms. The van der Waals surface area contributed by atoms with Crippen LogP contribution in [0.25, 0.3) is 0 Å². The van der Waals surface area contributed by atoms with Crippen molar-refractivity contribution in [2.45, 2.75) is 26.3 Å². The monoisotopic (exact) mass is 257 g/mol. The van der Waals surface area contributed by atoms with Crippen molar-refractivity contribution in [1.82, 2.24) is 5.32 Å². The number of halogens is 2. The van der Waals surface area contributed by atoms with Crippen LogP contribution in [0.2, 0.25) is 0 Å². The summed E-state index contributed by atoms with van der Waals surface area (Å²) < 4.78 is 31.9. The fraction of sp³-hybridized carbons (Fsp3) is 0.462. The van der Waals surface area contributed by atoms with Gasteiger partial charge in [-0.3, -0.25) is 5.32 Å². The Balaban J connectivity index is 3.25. The lowest BCUT2D eigenvalue weighted by Gasteiger charge is -2.28. The quantitative estimate of drug-likeness (QED) is 0.823. The van der Waals surface area contributed by atoms with Gasteiger partial charge in [0.05, 0.1) is 6.61 Å². The molecule has 0 bridgehead atoms. The molecule has 0 aliphatic carbocycles. The third-order valence-electron chi connectivity index (χ3n) is 2.68. The molecule has 3 nitrogen and oxygen atoms in total. The highest BCUT2D eigenvalue weighted by Crippen LogP contribution is 2.26. The summed E-state index contributed by atoms with van der Waals surface area (Å²) in [5, 5.41) is 2.85. The van der Waals surface area contributed by atoms with E-state index in [-0.39, 0.29) is 12.2 Å². The van der Waals surface area contributed by atoms with Crippen LogP contribution in [0.5, 0.6) is 0 Å². The first kappa shape index (κ1) is 14.6. The Bertz CT molecular complexity index is 437. The Morgan fingerprint density at radius 2 is 2.06 bits per heavy atom. The van der Waals surface area contributed by atoms with Crippen molar-refractivity contribution in [3.63, 3.8) is 0 Å². The highest BCUT2D eigenvalue weighted by molar-refractivity contribution is 5.82. The number of ether oxygens (including phenoxy) is 1. The minimum Gasteiger partial charge on any atom is -0.464 e. The summed E-state index contributed by atoms with van der Waals surface area (Å²) >= 11 is 0. The first-order valence-electron chi connectivity index (χ1n) is 5.83. The summed E-state index contributed by atoms with van der Waals surface area (Å²) in [5.41, 5.74) is -1.44. The maximum atomic E-state index is 13.8. The Kier molecular flexibility index (Phi) is 4.78.